The fourth-order valence-electron chi connectivity index (χ4n) is 1.08. The van der Waals surface area contributed by atoms with Gasteiger partial charge in [0.05, 0.1) is 11.1 Å². The third-order valence-electron chi connectivity index (χ3n) is 1.79. The Balaban J connectivity index is 3.28. The Morgan fingerprint density at radius 2 is 1.94 bits per heavy atom. The van der Waals surface area contributed by atoms with Crippen molar-refractivity contribution in [2.75, 3.05) is 0 Å². The summed E-state index contributed by atoms with van der Waals surface area (Å²) in [5, 5.41) is 17.6. The molecule has 17 heavy (non-hydrogen) atoms. The number of carboxylic acid groups (broad SMARTS) is 2. The summed E-state index contributed by atoms with van der Waals surface area (Å²) >= 11 is 0. The fourth-order valence-corrected chi connectivity index (χ4v) is 1.08. The molecule has 0 unspecified atom stereocenters. The largest absolute Gasteiger partial charge is 0.478 e. The Hall–Kier alpha value is -2.92. The van der Waals surface area contributed by atoms with E-state index < -0.39 is 11.9 Å². The molecule has 0 spiro atoms. The summed E-state index contributed by atoms with van der Waals surface area (Å²) in [5.41, 5.74) is -0.171. The van der Waals surface area contributed by atoms with Crippen LogP contribution in [0.25, 0.3) is 0 Å². The first kappa shape index (κ1) is 12.2. The predicted molar refractivity (Wildman–Crippen MR) is 57.2 cm³/mol. The normalized spacial score (nSPS) is 8.41. The molecule has 1 rings (SSSR count). The molecule has 0 amide bonds. The lowest BCUT2D eigenvalue weighted by Gasteiger charge is -2.00. The number of terminal acetylenes is 1. The van der Waals surface area contributed by atoms with E-state index in [1.807, 2.05) is 0 Å². The molecule has 0 aliphatic heterocycles. The average molecular weight is 230 g/mol. The van der Waals surface area contributed by atoms with E-state index in [1.165, 1.54) is 6.07 Å². The average Bonchev–Trinajstić information content (AvgIpc) is 2.28. The number of hydrogen-bond donors (Lipinski definition) is 2. The molecule has 0 bridgehead atoms. The van der Waals surface area contributed by atoms with Crippen molar-refractivity contribution in [3.63, 3.8) is 0 Å². The van der Waals surface area contributed by atoms with Crippen LogP contribution in [-0.4, -0.2) is 22.2 Å². The molecular weight excluding hydrogens is 224 g/mol. The molecule has 0 atom stereocenters. The van der Waals surface area contributed by atoms with E-state index in [-0.39, 0.29) is 16.7 Å². The molecule has 5 heteroatoms. The lowest BCUT2D eigenvalue weighted by Crippen LogP contribution is -2.03. The van der Waals surface area contributed by atoms with Crippen molar-refractivity contribution in [2.24, 2.45) is 0 Å². The molecule has 0 aliphatic rings. The first-order valence-corrected chi connectivity index (χ1v) is 4.29. The lowest BCUT2D eigenvalue weighted by molar-refractivity contribution is 0.0681. The van der Waals surface area contributed by atoms with Crippen LogP contribution in [0.4, 0.5) is 0 Å². The second-order valence-electron chi connectivity index (χ2n) is 2.82. The molecular formula is C12H6O5. The second kappa shape index (κ2) is 5.24. The van der Waals surface area contributed by atoms with Crippen LogP contribution >= 0.6 is 0 Å². The highest BCUT2D eigenvalue weighted by atomic mass is 16.5. The van der Waals surface area contributed by atoms with Crippen molar-refractivity contribution in [2.45, 2.75) is 0 Å². The summed E-state index contributed by atoms with van der Waals surface area (Å²) in [6.07, 6.45) is 8.64. The highest BCUT2D eigenvalue weighted by molar-refractivity contribution is 5.94. The van der Waals surface area contributed by atoms with Gasteiger partial charge in [-0.15, -0.1) is 0 Å². The van der Waals surface area contributed by atoms with Crippen LogP contribution in [0.1, 0.15) is 26.3 Å². The van der Waals surface area contributed by atoms with Crippen LogP contribution in [0.3, 0.4) is 0 Å². The summed E-state index contributed by atoms with van der Waals surface area (Å²) in [4.78, 5) is 21.5. The zero-order valence-corrected chi connectivity index (χ0v) is 8.43. The zero-order chi connectivity index (χ0) is 12.8. The standard InChI is InChI=1S/C12H6O5/c1-2-17-6-5-8-7-9(11(13)14)3-4-10(8)12(15)16/h1,3-4,7H,(H,13,14)(H,15,16). The van der Waals surface area contributed by atoms with Crippen LogP contribution in [0.15, 0.2) is 18.2 Å². The van der Waals surface area contributed by atoms with Gasteiger partial charge in [0.1, 0.15) is 12.2 Å². The van der Waals surface area contributed by atoms with Gasteiger partial charge in [-0.05, 0) is 24.1 Å². The maximum absolute atomic E-state index is 10.8. The Kier molecular flexibility index (Phi) is 3.75. The molecule has 84 valence electrons. The maximum atomic E-state index is 10.8. The fraction of sp³-hybridized carbons (Fsp3) is 0. The molecule has 2 N–H and O–H groups in total. The molecule has 0 saturated carbocycles. The molecule has 0 saturated heterocycles. The van der Waals surface area contributed by atoms with Gasteiger partial charge >= 0.3 is 11.9 Å². The van der Waals surface area contributed by atoms with Crippen molar-refractivity contribution in [1.82, 2.24) is 0 Å². The van der Waals surface area contributed by atoms with Crippen LogP contribution < -0.4 is 0 Å². The Labute approximate surface area is 96.6 Å². The number of carboxylic acids is 2. The van der Waals surface area contributed by atoms with Crippen molar-refractivity contribution >= 4 is 11.9 Å². The molecule has 0 aromatic heterocycles. The van der Waals surface area contributed by atoms with Gasteiger partial charge < -0.3 is 14.9 Å². The van der Waals surface area contributed by atoms with E-state index in [0.29, 0.717) is 0 Å². The van der Waals surface area contributed by atoms with Gasteiger partial charge in [-0.1, -0.05) is 6.42 Å². The third-order valence-corrected chi connectivity index (χ3v) is 1.79. The van der Waals surface area contributed by atoms with E-state index in [0.717, 1.165) is 12.1 Å². The predicted octanol–water partition coefficient (Wildman–Crippen LogP) is 0.999. The summed E-state index contributed by atoms with van der Waals surface area (Å²) in [5.74, 6) is -0.0618. The molecule has 5 nitrogen and oxygen atoms in total. The molecule has 0 radical (unpaired) electrons. The van der Waals surface area contributed by atoms with Crippen molar-refractivity contribution in [1.29, 1.82) is 0 Å². The summed E-state index contributed by atoms with van der Waals surface area (Å²) < 4.78 is 4.30. The van der Waals surface area contributed by atoms with Gasteiger partial charge in [0.2, 0.25) is 0 Å². The topological polar surface area (TPSA) is 83.8 Å². The Bertz CT molecular complexity index is 569. The summed E-state index contributed by atoms with van der Waals surface area (Å²) in [6.45, 7) is 0. The van der Waals surface area contributed by atoms with Crippen LogP contribution in [-0.2, 0) is 4.74 Å². The minimum absolute atomic E-state index is 0.0210. The van der Waals surface area contributed by atoms with E-state index in [1.54, 1.807) is 6.11 Å². The summed E-state index contributed by atoms with van der Waals surface area (Å²) in [7, 11) is 0. The van der Waals surface area contributed by atoms with Gasteiger partial charge in [0, 0.05) is 5.56 Å². The quantitative estimate of drug-likeness (QED) is 0.740. The number of aromatic carboxylic acids is 2. The Morgan fingerprint density at radius 1 is 1.24 bits per heavy atom. The van der Waals surface area contributed by atoms with Crippen molar-refractivity contribution in [3.05, 3.63) is 34.9 Å². The monoisotopic (exact) mass is 230 g/mol. The highest BCUT2D eigenvalue weighted by Gasteiger charge is 2.12. The maximum Gasteiger partial charge on any atom is 0.336 e. The van der Waals surface area contributed by atoms with Crippen LogP contribution in [0.2, 0.25) is 0 Å². The lowest BCUT2D eigenvalue weighted by atomic mass is 10.0. The van der Waals surface area contributed by atoms with E-state index in [9.17, 15) is 9.59 Å². The van der Waals surface area contributed by atoms with Gasteiger partial charge in [-0.2, -0.15) is 0 Å². The Morgan fingerprint density at radius 3 is 2.47 bits per heavy atom. The minimum atomic E-state index is -1.22. The molecule has 0 fully saturated rings. The SMILES string of the molecule is C#COC#Cc1cc(C(=O)O)ccc1C(=O)O. The highest BCUT2D eigenvalue weighted by Crippen LogP contribution is 2.11. The van der Waals surface area contributed by atoms with Gasteiger partial charge in [0.15, 0.2) is 0 Å². The number of benzene rings is 1. The van der Waals surface area contributed by atoms with E-state index in [2.05, 4.69) is 16.8 Å². The van der Waals surface area contributed by atoms with E-state index in [4.69, 9.17) is 16.6 Å². The second-order valence-corrected chi connectivity index (χ2v) is 2.82. The number of hydrogen-bond acceptors (Lipinski definition) is 3. The van der Waals surface area contributed by atoms with Crippen LogP contribution in [0.5, 0.6) is 0 Å². The molecule has 1 aromatic carbocycles. The van der Waals surface area contributed by atoms with Crippen LogP contribution in [0, 0.1) is 24.6 Å². The first-order chi connectivity index (χ1) is 8.06. The molecule has 0 aliphatic carbocycles. The smallest absolute Gasteiger partial charge is 0.336 e. The number of rotatable bonds is 2. The summed E-state index contributed by atoms with van der Waals surface area (Å²) in [6, 6.07) is 3.48. The number of ether oxygens (including phenoxy) is 1. The molecule has 1 aromatic rings. The van der Waals surface area contributed by atoms with Crippen molar-refractivity contribution < 1.29 is 24.5 Å². The van der Waals surface area contributed by atoms with Gasteiger partial charge in [-0.3, -0.25) is 0 Å². The zero-order valence-electron chi connectivity index (χ0n) is 8.43. The van der Waals surface area contributed by atoms with Crippen molar-refractivity contribution in [3.8, 4) is 24.6 Å². The third kappa shape index (κ3) is 3.01. The van der Waals surface area contributed by atoms with Gasteiger partial charge in [0.25, 0.3) is 0 Å². The minimum Gasteiger partial charge on any atom is -0.478 e. The molecule has 0 heterocycles. The van der Waals surface area contributed by atoms with Gasteiger partial charge in [-0.25, -0.2) is 9.59 Å². The number of carbonyl (C=O) groups is 2. The first-order valence-electron chi connectivity index (χ1n) is 4.29. The van der Waals surface area contributed by atoms with E-state index >= 15 is 0 Å².